The molecule has 0 aliphatic heterocycles. The fraction of sp³-hybridized carbons (Fsp3) is 0.500. The summed E-state index contributed by atoms with van der Waals surface area (Å²) in [7, 11) is 0. The SMILES string of the molecule is CCn1nccc1C(C)NCc1cn[nH]c1C. The molecule has 0 saturated carbocycles. The molecule has 1 atom stereocenters. The Morgan fingerprint density at radius 3 is 3.00 bits per heavy atom. The second kappa shape index (κ2) is 5.14. The third kappa shape index (κ3) is 2.55. The molecule has 17 heavy (non-hydrogen) atoms. The Kier molecular flexibility index (Phi) is 3.58. The Morgan fingerprint density at radius 1 is 1.53 bits per heavy atom. The molecule has 0 spiro atoms. The van der Waals surface area contributed by atoms with E-state index >= 15 is 0 Å². The maximum absolute atomic E-state index is 4.28. The molecule has 0 radical (unpaired) electrons. The molecule has 0 saturated heterocycles. The average molecular weight is 233 g/mol. The average Bonchev–Trinajstić information content (AvgIpc) is 2.94. The first-order chi connectivity index (χ1) is 8.22. The fourth-order valence-corrected chi connectivity index (χ4v) is 1.90. The van der Waals surface area contributed by atoms with Gasteiger partial charge in [0, 0.05) is 36.6 Å². The molecule has 2 aromatic heterocycles. The lowest BCUT2D eigenvalue weighted by molar-refractivity contribution is 0.508. The van der Waals surface area contributed by atoms with Gasteiger partial charge in [0.15, 0.2) is 0 Å². The van der Waals surface area contributed by atoms with Gasteiger partial charge in [0.25, 0.3) is 0 Å². The van der Waals surface area contributed by atoms with Gasteiger partial charge >= 0.3 is 0 Å². The Balaban J connectivity index is 1.98. The predicted octanol–water partition coefficient (Wildman–Crippen LogP) is 1.79. The molecule has 0 fully saturated rings. The summed E-state index contributed by atoms with van der Waals surface area (Å²) in [5, 5.41) is 14.7. The lowest BCUT2D eigenvalue weighted by Crippen LogP contribution is -2.21. The quantitative estimate of drug-likeness (QED) is 0.827. The number of aromatic amines is 1. The van der Waals surface area contributed by atoms with Gasteiger partial charge in [0.2, 0.25) is 0 Å². The number of nitrogens with one attached hydrogen (secondary N) is 2. The summed E-state index contributed by atoms with van der Waals surface area (Å²) in [5.41, 5.74) is 3.54. The zero-order valence-electron chi connectivity index (χ0n) is 10.6. The van der Waals surface area contributed by atoms with Crippen molar-refractivity contribution >= 4 is 0 Å². The maximum atomic E-state index is 4.28. The van der Waals surface area contributed by atoms with Crippen LogP contribution in [0.3, 0.4) is 0 Å². The molecule has 5 heteroatoms. The van der Waals surface area contributed by atoms with Gasteiger partial charge < -0.3 is 5.32 Å². The lowest BCUT2D eigenvalue weighted by atomic mass is 10.2. The Morgan fingerprint density at radius 2 is 2.35 bits per heavy atom. The number of H-pyrrole nitrogens is 1. The van der Waals surface area contributed by atoms with E-state index in [1.54, 1.807) is 0 Å². The molecule has 0 amide bonds. The molecule has 2 N–H and O–H groups in total. The highest BCUT2D eigenvalue weighted by atomic mass is 15.3. The normalized spacial score (nSPS) is 12.9. The third-order valence-electron chi connectivity index (χ3n) is 3.03. The summed E-state index contributed by atoms with van der Waals surface area (Å²) in [6.45, 7) is 8.00. The van der Waals surface area contributed by atoms with Crippen molar-refractivity contribution in [3.63, 3.8) is 0 Å². The van der Waals surface area contributed by atoms with Crippen LogP contribution in [0.25, 0.3) is 0 Å². The van der Waals surface area contributed by atoms with Crippen molar-refractivity contribution in [3.8, 4) is 0 Å². The van der Waals surface area contributed by atoms with Crippen LogP contribution in [0.2, 0.25) is 0 Å². The van der Waals surface area contributed by atoms with Gasteiger partial charge in [-0.25, -0.2) is 0 Å². The van der Waals surface area contributed by atoms with Crippen molar-refractivity contribution in [2.75, 3.05) is 0 Å². The molecule has 2 rings (SSSR count). The number of aromatic nitrogens is 4. The smallest absolute Gasteiger partial charge is 0.0550 e. The van der Waals surface area contributed by atoms with Crippen LogP contribution in [0.1, 0.15) is 36.8 Å². The van der Waals surface area contributed by atoms with Crippen molar-refractivity contribution in [3.05, 3.63) is 35.4 Å². The van der Waals surface area contributed by atoms with Crippen LogP contribution >= 0.6 is 0 Å². The van der Waals surface area contributed by atoms with E-state index in [-0.39, 0.29) is 6.04 Å². The number of nitrogens with zero attached hydrogens (tertiary/aromatic N) is 3. The van der Waals surface area contributed by atoms with Crippen LogP contribution in [0, 0.1) is 6.92 Å². The van der Waals surface area contributed by atoms with E-state index < -0.39 is 0 Å². The minimum atomic E-state index is 0.284. The molecule has 0 aromatic carbocycles. The highest BCUT2D eigenvalue weighted by Gasteiger charge is 2.10. The highest BCUT2D eigenvalue weighted by Crippen LogP contribution is 2.13. The van der Waals surface area contributed by atoms with E-state index in [4.69, 9.17) is 0 Å². The van der Waals surface area contributed by atoms with Crippen molar-refractivity contribution in [1.29, 1.82) is 0 Å². The fourth-order valence-electron chi connectivity index (χ4n) is 1.90. The van der Waals surface area contributed by atoms with E-state index in [2.05, 4.69) is 40.5 Å². The molecule has 1 unspecified atom stereocenters. The van der Waals surface area contributed by atoms with Crippen LogP contribution in [0.5, 0.6) is 0 Å². The molecule has 2 aromatic rings. The number of rotatable bonds is 5. The highest BCUT2D eigenvalue weighted by molar-refractivity contribution is 5.15. The predicted molar refractivity (Wildman–Crippen MR) is 66.5 cm³/mol. The largest absolute Gasteiger partial charge is 0.305 e. The zero-order valence-corrected chi connectivity index (χ0v) is 10.6. The minimum absolute atomic E-state index is 0.284. The monoisotopic (exact) mass is 233 g/mol. The van der Waals surface area contributed by atoms with E-state index in [0.717, 1.165) is 18.8 Å². The van der Waals surface area contributed by atoms with Crippen LogP contribution in [0.4, 0.5) is 0 Å². The second-order valence-electron chi connectivity index (χ2n) is 4.19. The molecule has 2 heterocycles. The lowest BCUT2D eigenvalue weighted by Gasteiger charge is -2.14. The number of hydrogen-bond acceptors (Lipinski definition) is 3. The Hall–Kier alpha value is -1.62. The second-order valence-corrected chi connectivity index (χ2v) is 4.19. The molecular weight excluding hydrogens is 214 g/mol. The summed E-state index contributed by atoms with van der Waals surface area (Å²) in [4.78, 5) is 0. The molecule has 5 nitrogen and oxygen atoms in total. The summed E-state index contributed by atoms with van der Waals surface area (Å²) < 4.78 is 2.01. The van der Waals surface area contributed by atoms with Crippen LogP contribution in [0.15, 0.2) is 18.5 Å². The van der Waals surface area contributed by atoms with E-state index in [9.17, 15) is 0 Å². The molecular formula is C12H19N5. The van der Waals surface area contributed by atoms with Crippen molar-refractivity contribution < 1.29 is 0 Å². The summed E-state index contributed by atoms with van der Waals surface area (Å²) in [5.74, 6) is 0. The zero-order chi connectivity index (χ0) is 12.3. The van der Waals surface area contributed by atoms with Gasteiger partial charge in [-0.3, -0.25) is 9.78 Å². The van der Waals surface area contributed by atoms with Gasteiger partial charge in [-0.15, -0.1) is 0 Å². The first kappa shape index (κ1) is 11.9. The van der Waals surface area contributed by atoms with Gasteiger partial charge in [-0.1, -0.05) is 0 Å². The summed E-state index contributed by atoms with van der Waals surface area (Å²) in [6, 6.07) is 2.34. The van der Waals surface area contributed by atoms with E-state index in [1.165, 1.54) is 11.3 Å². The number of hydrogen-bond donors (Lipinski definition) is 2. The molecule has 92 valence electrons. The van der Waals surface area contributed by atoms with Gasteiger partial charge in [0.1, 0.15) is 0 Å². The van der Waals surface area contributed by atoms with Crippen molar-refractivity contribution in [2.24, 2.45) is 0 Å². The molecule has 0 aliphatic carbocycles. The van der Waals surface area contributed by atoms with Crippen LogP contribution in [-0.2, 0) is 13.1 Å². The third-order valence-corrected chi connectivity index (χ3v) is 3.03. The van der Waals surface area contributed by atoms with Crippen LogP contribution in [-0.4, -0.2) is 20.0 Å². The first-order valence-corrected chi connectivity index (χ1v) is 5.96. The van der Waals surface area contributed by atoms with E-state index in [0.29, 0.717) is 0 Å². The summed E-state index contributed by atoms with van der Waals surface area (Å²) >= 11 is 0. The van der Waals surface area contributed by atoms with Gasteiger partial charge in [-0.2, -0.15) is 10.2 Å². The maximum Gasteiger partial charge on any atom is 0.0550 e. The first-order valence-electron chi connectivity index (χ1n) is 5.96. The van der Waals surface area contributed by atoms with Crippen LogP contribution < -0.4 is 5.32 Å². The Bertz CT molecular complexity index is 471. The van der Waals surface area contributed by atoms with E-state index in [1.807, 2.05) is 24.0 Å². The van der Waals surface area contributed by atoms with Gasteiger partial charge in [-0.05, 0) is 26.8 Å². The molecule has 0 aliphatic rings. The topological polar surface area (TPSA) is 58.5 Å². The van der Waals surface area contributed by atoms with Crippen molar-refractivity contribution in [2.45, 2.75) is 39.9 Å². The minimum Gasteiger partial charge on any atom is -0.305 e. The molecule has 0 bridgehead atoms. The van der Waals surface area contributed by atoms with Crippen molar-refractivity contribution in [1.82, 2.24) is 25.3 Å². The summed E-state index contributed by atoms with van der Waals surface area (Å²) in [6.07, 6.45) is 3.71. The Labute approximate surface area is 101 Å². The number of aryl methyl sites for hydroxylation is 2. The van der Waals surface area contributed by atoms with Gasteiger partial charge in [0.05, 0.1) is 11.9 Å². The standard InChI is InChI=1S/C12H19N5/c1-4-17-12(5-6-15-17)10(3)13-7-11-8-14-16-9(11)2/h5-6,8,10,13H,4,7H2,1-3H3,(H,14,16).